The Morgan fingerprint density at radius 3 is 2.64 bits per heavy atom. The Labute approximate surface area is 173 Å². The van der Waals surface area contributed by atoms with Crippen LogP contribution in [0.2, 0.25) is 0 Å². The number of hydrogen-bond donors (Lipinski definition) is 1. The van der Waals surface area contributed by atoms with Gasteiger partial charge >= 0.3 is 0 Å². The van der Waals surface area contributed by atoms with Crippen LogP contribution < -0.4 is 5.32 Å². The molecular formula is C20H24N4O2S2. The maximum Gasteiger partial charge on any atom is 0.237 e. The van der Waals surface area contributed by atoms with Crippen molar-refractivity contribution in [1.29, 1.82) is 0 Å². The topological polar surface area (TPSA) is 73.0 Å². The van der Waals surface area contributed by atoms with Gasteiger partial charge < -0.3 is 9.73 Å². The minimum absolute atomic E-state index is 0.0647. The second kappa shape index (κ2) is 9.34. The zero-order valence-corrected chi connectivity index (χ0v) is 18.0. The van der Waals surface area contributed by atoms with Crippen LogP contribution in [-0.4, -0.2) is 32.2 Å². The van der Waals surface area contributed by atoms with Crippen LogP contribution in [0.25, 0.3) is 11.6 Å². The van der Waals surface area contributed by atoms with Crippen molar-refractivity contribution in [1.82, 2.24) is 14.8 Å². The van der Waals surface area contributed by atoms with Crippen molar-refractivity contribution < 1.29 is 9.21 Å². The molecule has 3 rings (SSSR count). The van der Waals surface area contributed by atoms with Crippen molar-refractivity contribution >= 4 is 35.1 Å². The lowest BCUT2D eigenvalue weighted by Gasteiger charge is -2.15. The lowest BCUT2D eigenvalue weighted by molar-refractivity contribution is -0.115. The van der Waals surface area contributed by atoms with Crippen LogP contribution in [0.3, 0.4) is 0 Å². The summed E-state index contributed by atoms with van der Waals surface area (Å²) in [4.78, 5) is 13.8. The van der Waals surface area contributed by atoms with Crippen molar-refractivity contribution in [3.8, 4) is 11.6 Å². The molecule has 1 aromatic carbocycles. The van der Waals surface area contributed by atoms with Gasteiger partial charge in [0, 0.05) is 11.4 Å². The van der Waals surface area contributed by atoms with E-state index in [4.69, 9.17) is 4.42 Å². The number of amides is 1. The van der Waals surface area contributed by atoms with Crippen LogP contribution in [-0.2, 0) is 11.3 Å². The molecule has 1 unspecified atom stereocenters. The van der Waals surface area contributed by atoms with Gasteiger partial charge in [-0.2, -0.15) is 0 Å². The number of thioether (sulfide) groups is 2. The van der Waals surface area contributed by atoms with Crippen molar-refractivity contribution in [3.05, 3.63) is 42.7 Å². The predicted octanol–water partition coefficient (Wildman–Crippen LogP) is 5.04. The highest BCUT2D eigenvalue weighted by Crippen LogP contribution is 2.30. The van der Waals surface area contributed by atoms with Crippen molar-refractivity contribution in [2.24, 2.45) is 5.92 Å². The van der Waals surface area contributed by atoms with E-state index in [9.17, 15) is 4.79 Å². The Morgan fingerprint density at radius 2 is 1.96 bits per heavy atom. The van der Waals surface area contributed by atoms with E-state index in [0.29, 0.717) is 22.7 Å². The Morgan fingerprint density at radius 1 is 1.18 bits per heavy atom. The van der Waals surface area contributed by atoms with Crippen LogP contribution >= 0.6 is 23.5 Å². The molecule has 6 nitrogen and oxygen atoms in total. The first-order chi connectivity index (χ1) is 13.5. The molecule has 0 saturated carbocycles. The molecule has 3 aromatic rings. The third-order valence-electron chi connectivity index (χ3n) is 4.02. The molecule has 2 aromatic heterocycles. The number of nitrogens with one attached hydrogen (secondary N) is 1. The van der Waals surface area contributed by atoms with E-state index >= 15 is 0 Å². The van der Waals surface area contributed by atoms with Crippen LogP contribution in [0.5, 0.6) is 0 Å². The molecular weight excluding hydrogens is 392 g/mol. The first kappa shape index (κ1) is 20.5. The molecule has 8 heteroatoms. The van der Waals surface area contributed by atoms with Gasteiger partial charge in [-0.05, 0) is 43.4 Å². The number of anilines is 1. The maximum absolute atomic E-state index is 12.7. The van der Waals surface area contributed by atoms with Gasteiger partial charge in [0.15, 0.2) is 16.7 Å². The highest BCUT2D eigenvalue weighted by atomic mass is 32.2. The number of nitrogens with zero attached hydrogens (tertiary/aromatic N) is 3. The highest BCUT2D eigenvalue weighted by Gasteiger charge is 2.22. The monoisotopic (exact) mass is 416 g/mol. The Balaban J connectivity index is 1.78. The summed E-state index contributed by atoms with van der Waals surface area (Å²) in [5.41, 5.74) is 0.826. The third-order valence-corrected chi connectivity index (χ3v) is 5.90. The normalized spacial score (nSPS) is 12.3. The first-order valence-electron chi connectivity index (χ1n) is 9.07. The van der Waals surface area contributed by atoms with Crippen LogP contribution in [0.15, 0.2) is 57.1 Å². The van der Waals surface area contributed by atoms with Gasteiger partial charge in [0.25, 0.3) is 0 Å². The molecule has 2 heterocycles. The quantitative estimate of drug-likeness (QED) is 0.519. The smallest absolute Gasteiger partial charge is 0.237 e. The summed E-state index contributed by atoms with van der Waals surface area (Å²) in [7, 11) is 0. The SMILES string of the molecule is CSc1ccccc1NC(=O)C(C)Sc1nnc(-c2ccco2)n1CC(C)C. The van der Waals surface area contributed by atoms with E-state index in [-0.39, 0.29) is 11.2 Å². The molecule has 148 valence electrons. The van der Waals surface area contributed by atoms with E-state index < -0.39 is 0 Å². The van der Waals surface area contributed by atoms with Gasteiger partial charge in [-0.25, -0.2) is 0 Å². The Bertz CT molecular complexity index is 922. The molecule has 0 saturated heterocycles. The lowest BCUT2D eigenvalue weighted by Crippen LogP contribution is -2.23. The second-order valence-electron chi connectivity index (χ2n) is 6.74. The van der Waals surface area contributed by atoms with E-state index in [1.54, 1.807) is 18.0 Å². The standard InChI is InChI=1S/C20H24N4O2S2/c1-13(2)12-24-18(16-9-7-11-26-16)22-23-20(24)28-14(3)19(25)21-15-8-5-6-10-17(15)27-4/h5-11,13-14H,12H2,1-4H3,(H,21,25). The molecule has 0 spiro atoms. The summed E-state index contributed by atoms with van der Waals surface area (Å²) in [5, 5.41) is 12.0. The van der Waals surface area contributed by atoms with Crippen molar-refractivity contribution in [3.63, 3.8) is 0 Å². The average molecular weight is 417 g/mol. The predicted molar refractivity (Wildman–Crippen MR) is 115 cm³/mol. The third kappa shape index (κ3) is 4.80. The molecule has 0 aliphatic rings. The lowest BCUT2D eigenvalue weighted by atomic mass is 10.2. The number of hydrogen-bond acceptors (Lipinski definition) is 6. The molecule has 0 bridgehead atoms. The molecule has 1 N–H and O–H groups in total. The van der Waals surface area contributed by atoms with E-state index in [0.717, 1.165) is 17.1 Å². The zero-order chi connectivity index (χ0) is 20.1. The number of rotatable bonds is 8. The summed E-state index contributed by atoms with van der Waals surface area (Å²) < 4.78 is 7.52. The molecule has 1 amide bonds. The fraction of sp³-hybridized carbons (Fsp3) is 0.350. The summed E-state index contributed by atoms with van der Waals surface area (Å²) in [6.45, 7) is 6.89. The largest absolute Gasteiger partial charge is 0.461 e. The second-order valence-corrected chi connectivity index (χ2v) is 8.89. The van der Waals surface area contributed by atoms with Gasteiger partial charge in [0.05, 0.1) is 17.2 Å². The van der Waals surface area contributed by atoms with Gasteiger partial charge in [-0.1, -0.05) is 37.7 Å². The average Bonchev–Trinajstić information content (AvgIpc) is 3.32. The summed E-state index contributed by atoms with van der Waals surface area (Å²) >= 11 is 3.01. The fourth-order valence-electron chi connectivity index (χ4n) is 2.69. The fourth-order valence-corrected chi connectivity index (χ4v) is 4.10. The minimum Gasteiger partial charge on any atom is -0.461 e. The van der Waals surface area contributed by atoms with Gasteiger partial charge in [0.2, 0.25) is 5.91 Å². The van der Waals surface area contributed by atoms with E-state index in [2.05, 4.69) is 29.4 Å². The summed E-state index contributed by atoms with van der Waals surface area (Å²) in [6, 6.07) is 11.5. The maximum atomic E-state index is 12.7. The molecule has 0 aliphatic heterocycles. The molecule has 28 heavy (non-hydrogen) atoms. The van der Waals surface area contributed by atoms with Gasteiger partial charge in [-0.15, -0.1) is 22.0 Å². The Hall–Kier alpha value is -2.19. The number of carbonyl (C=O) groups is 1. The van der Waals surface area contributed by atoms with Crippen LogP contribution in [0.4, 0.5) is 5.69 Å². The Kier molecular flexibility index (Phi) is 6.85. The highest BCUT2D eigenvalue weighted by molar-refractivity contribution is 8.00. The molecule has 0 aliphatic carbocycles. The summed E-state index contributed by atoms with van der Waals surface area (Å²) in [5.74, 6) is 1.69. The molecule has 1 atom stereocenters. The van der Waals surface area contributed by atoms with Crippen molar-refractivity contribution in [2.75, 3.05) is 11.6 Å². The van der Waals surface area contributed by atoms with Gasteiger partial charge in [0.1, 0.15) is 0 Å². The molecule has 0 radical (unpaired) electrons. The van der Waals surface area contributed by atoms with E-state index in [1.165, 1.54) is 11.8 Å². The van der Waals surface area contributed by atoms with E-state index in [1.807, 2.05) is 54.1 Å². The van der Waals surface area contributed by atoms with Crippen LogP contribution in [0.1, 0.15) is 20.8 Å². The zero-order valence-electron chi connectivity index (χ0n) is 16.4. The molecule has 0 fully saturated rings. The number of benzene rings is 1. The van der Waals surface area contributed by atoms with Crippen molar-refractivity contribution in [2.45, 2.75) is 42.6 Å². The number of carbonyl (C=O) groups excluding carboxylic acids is 1. The number of furan rings is 1. The van der Waals surface area contributed by atoms with Crippen LogP contribution in [0, 0.1) is 5.92 Å². The number of aromatic nitrogens is 3. The minimum atomic E-state index is -0.325. The first-order valence-corrected chi connectivity index (χ1v) is 11.2. The number of para-hydroxylation sites is 1. The van der Waals surface area contributed by atoms with Gasteiger partial charge in [-0.3, -0.25) is 9.36 Å². The summed E-state index contributed by atoms with van der Waals surface area (Å²) in [6.07, 6.45) is 3.61.